The number of aliphatic hydroxyl groups excluding tert-OH is 1. The van der Waals surface area contributed by atoms with E-state index in [1.54, 1.807) is 4.90 Å². The monoisotopic (exact) mass is 386 g/mol. The molecule has 2 aliphatic heterocycles. The maximum Gasteiger partial charge on any atom is 0.255 e. The number of piperidine rings is 1. The first-order chi connectivity index (χ1) is 13.6. The van der Waals surface area contributed by atoms with Crippen molar-refractivity contribution in [2.24, 2.45) is 0 Å². The average molecular weight is 386 g/mol. The normalized spacial score (nSPS) is 19.1. The molecule has 6 nitrogen and oxygen atoms in total. The summed E-state index contributed by atoms with van der Waals surface area (Å²) in [5.41, 5.74) is 2.89. The molecule has 2 aliphatic rings. The molecule has 0 bridgehead atoms. The van der Waals surface area contributed by atoms with Gasteiger partial charge in [0, 0.05) is 25.1 Å². The van der Waals surface area contributed by atoms with Crippen molar-refractivity contribution in [3.63, 3.8) is 0 Å². The lowest BCUT2D eigenvalue weighted by Crippen LogP contribution is -2.52. The minimum absolute atomic E-state index is 0.112. The summed E-state index contributed by atoms with van der Waals surface area (Å²) in [6.07, 6.45) is 9.65. The molecule has 0 aromatic heterocycles. The number of hydrogen-bond donors (Lipinski definition) is 2. The SMILES string of the molecule is O=C1CCC(N2Cc3cc(CCCCCCCCCO)ccc3C2=O)C(=O)N1. The van der Waals surface area contributed by atoms with Crippen LogP contribution in [-0.4, -0.2) is 40.4 Å². The van der Waals surface area contributed by atoms with Crippen molar-refractivity contribution in [1.82, 2.24) is 10.2 Å². The van der Waals surface area contributed by atoms with Gasteiger partial charge < -0.3 is 10.0 Å². The van der Waals surface area contributed by atoms with Crippen LogP contribution in [0.1, 0.15) is 79.3 Å². The third-order valence-electron chi connectivity index (χ3n) is 5.71. The third kappa shape index (κ3) is 4.98. The van der Waals surface area contributed by atoms with E-state index in [-0.39, 0.29) is 24.1 Å². The average Bonchev–Trinajstić information content (AvgIpc) is 3.00. The second-order valence-electron chi connectivity index (χ2n) is 7.84. The zero-order chi connectivity index (χ0) is 19.9. The van der Waals surface area contributed by atoms with E-state index in [9.17, 15) is 14.4 Å². The van der Waals surface area contributed by atoms with Crippen LogP contribution >= 0.6 is 0 Å². The Balaban J connectivity index is 1.48. The standard InChI is InChI=1S/C22H30N2O4/c25-13-7-5-3-1-2-4-6-8-16-9-10-18-17(14-16)15-24(22(18)28)19-11-12-20(26)23-21(19)27/h9-10,14,19,25H,1-8,11-13,15H2,(H,23,26,27). The number of carbonyl (C=O) groups excluding carboxylic acids is 3. The number of aryl methyl sites for hydroxylation is 1. The molecule has 6 heteroatoms. The Morgan fingerprint density at radius 3 is 2.43 bits per heavy atom. The molecule has 152 valence electrons. The van der Waals surface area contributed by atoms with Gasteiger partial charge in [-0.15, -0.1) is 0 Å². The van der Waals surface area contributed by atoms with Gasteiger partial charge in [-0.3, -0.25) is 19.7 Å². The zero-order valence-corrected chi connectivity index (χ0v) is 16.4. The Morgan fingerprint density at radius 1 is 1.00 bits per heavy atom. The molecule has 1 aromatic carbocycles. The number of nitrogens with one attached hydrogen (secondary N) is 1. The summed E-state index contributed by atoms with van der Waals surface area (Å²) in [5.74, 6) is -0.739. The number of rotatable bonds is 10. The Labute approximate surface area is 166 Å². The van der Waals surface area contributed by atoms with Crippen LogP contribution in [-0.2, 0) is 22.6 Å². The molecule has 0 radical (unpaired) electrons. The summed E-state index contributed by atoms with van der Waals surface area (Å²) in [6, 6.07) is 5.45. The fraction of sp³-hybridized carbons (Fsp3) is 0.591. The van der Waals surface area contributed by atoms with Gasteiger partial charge >= 0.3 is 0 Å². The van der Waals surface area contributed by atoms with Gasteiger partial charge in [-0.1, -0.05) is 44.2 Å². The third-order valence-corrected chi connectivity index (χ3v) is 5.71. The van der Waals surface area contributed by atoms with Gasteiger partial charge in [0.1, 0.15) is 6.04 Å². The van der Waals surface area contributed by atoms with E-state index in [1.165, 1.54) is 31.2 Å². The van der Waals surface area contributed by atoms with Crippen LogP contribution < -0.4 is 5.32 Å². The topological polar surface area (TPSA) is 86.7 Å². The van der Waals surface area contributed by atoms with E-state index in [1.807, 2.05) is 12.1 Å². The number of hydrogen-bond acceptors (Lipinski definition) is 4. The molecule has 1 unspecified atom stereocenters. The maximum atomic E-state index is 12.7. The van der Waals surface area contributed by atoms with Crippen LogP contribution in [0.5, 0.6) is 0 Å². The van der Waals surface area contributed by atoms with Crippen LogP contribution in [0.15, 0.2) is 18.2 Å². The molecule has 2 N–H and O–H groups in total. The quantitative estimate of drug-likeness (QED) is 0.478. The lowest BCUT2D eigenvalue weighted by atomic mass is 10.0. The first kappa shape index (κ1) is 20.5. The number of benzene rings is 1. The summed E-state index contributed by atoms with van der Waals surface area (Å²) in [5, 5.41) is 11.1. The molecule has 28 heavy (non-hydrogen) atoms. The minimum atomic E-state index is -0.549. The highest BCUT2D eigenvalue weighted by molar-refractivity contribution is 6.05. The van der Waals surface area contributed by atoms with Crippen LogP contribution in [0.2, 0.25) is 0 Å². The highest BCUT2D eigenvalue weighted by Gasteiger charge is 2.38. The number of fused-ring (bicyclic) bond motifs is 1. The van der Waals surface area contributed by atoms with E-state index < -0.39 is 6.04 Å². The smallest absolute Gasteiger partial charge is 0.255 e. The van der Waals surface area contributed by atoms with E-state index in [0.717, 1.165) is 31.2 Å². The predicted molar refractivity (Wildman–Crippen MR) is 106 cm³/mol. The Hall–Kier alpha value is -2.21. The molecule has 0 spiro atoms. The van der Waals surface area contributed by atoms with Crippen LogP contribution in [0.4, 0.5) is 0 Å². The fourth-order valence-corrected chi connectivity index (χ4v) is 4.11. The second kappa shape index (κ2) is 9.82. The van der Waals surface area contributed by atoms with Crippen molar-refractivity contribution in [1.29, 1.82) is 0 Å². The number of unbranched alkanes of at least 4 members (excludes halogenated alkanes) is 6. The van der Waals surface area contributed by atoms with Gasteiger partial charge in [0.05, 0.1) is 0 Å². The molecule has 3 amide bonds. The molecule has 3 rings (SSSR count). The van der Waals surface area contributed by atoms with Crippen molar-refractivity contribution >= 4 is 17.7 Å². The Morgan fingerprint density at radius 2 is 1.71 bits per heavy atom. The van der Waals surface area contributed by atoms with Crippen molar-refractivity contribution in [3.05, 3.63) is 34.9 Å². The zero-order valence-electron chi connectivity index (χ0n) is 16.4. The van der Waals surface area contributed by atoms with Gasteiger partial charge in [-0.05, 0) is 42.9 Å². The maximum absolute atomic E-state index is 12.7. The number of imide groups is 1. The molecule has 1 aromatic rings. The van der Waals surface area contributed by atoms with Gasteiger partial charge in [0.25, 0.3) is 5.91 Å². The number of aliphatic hydroxyl groups is 1. The second-order valence-corrected chi connectivity index (χ2v) is 7.84. The van der Waals surface area contributed by atoms with E-state index in [2.05, 4.69) is 11.4 Å². The lowest BCUT2D eigenvalue weighted by Gasteiger charge is -2.29. The molecule has 1 atom stereocenters. The van der Waals surface area contributed by atoms with Crippen molar-refractivity contribution in [3.8, 4) is 0 Å². The van der Waals surface area contributed by atoms with Gasteiger partial charge in [0.15, 0.2) is 0 Å². The molecule has 0 aliphatic carbocycles. The lowest BCUT2D eigenvalue weighted by molar-refractivity contribution is -0.136. The molecule has 1 saturated heterocycles. The van der Waals surface area contributed by atoms with Crippen LogP contribution in [0, 0.1) is 0 Å². The molecule has 0 saturated carbocycles. The first-order valence-corrected chi connectivity index (χ1v) is 10.5. The first-order valence-electron chi connectivity index (χ1n) is 10.5. The molecule has 1 fully saturated rings. The summed E-state index contributed by atoms with van der Waals surface area (Å²) < 4.78 is 0. The van der Waals surface area contributed by atoms with Gasteiger partial charge in [0.2, 0.25) is 11.8 Å². The van der Waals surface area contributed by atoms with Gasteiger partial charge in [-0.25, -0.2) is 0 Å². The highest BCUT2D eigenvalue weighted by Crippen LogP contribution is 2.28. The van der Waals surface area contributed by atoms with Crippen molar-refractivity contribution < 1.29 is 19.5 Å². The summed E-state index contributed by atoms with van der Waals surface area (Å²) in [4.78, 5) is 37.7. The molecule has 2 heterocycles. The summed E-state index contributed by atoms with van der Waals surface area (Å²) in [6.45, 7) is 0.737. The van der Waals surface area contributed by atoms with E-state index in [4.69, 9.17) is 5.11 Å². The van der Waals surface area contributed by atoms with Gasteiger partial charge in [-0.2, -0.15) is 0 Å². The van der Waals surface area contributed by atoms with Crippen molar-refractivity contribution in [2.75, 3.05) is 6.61 Å². The number of carbonyl (C=O) groups is 3. The Bertz CT molecular complexity index is 731. The Kier molecular flexibility index (Phi) is 7.20. The van der Waals surface area contributed by atoms with Crippen LogP contribution in [0.3, 0.4) is 0 Å². The number of nitrogens with zero attached hydrogens (tertiary/aromatic N) is 1. The minimum Gasteiger partial charge on any atom is -0.396 e. The van der Waals surface area contributed by atoms with E-state index in [0.29, 0.717) is 25.1 Å². The predicted octanol–water partition coefficient (Wildman–Crippen LogP) is 2.71. The fourth-order valence-electron chi connectivity index (χ4n) is 4.11. The van der Waals surface area contributed by atoms with Crippen LogP contribution in [0.25, 0.3) is 0 Å². The summed E-state index contributed by atoms with van der Waals surface area (Å²) >= 11 is 0. The molecular formula is C22H30N2O4. The molecular weight excluding hydrogens is 356 g/mol. The largest absolute Gasteiger partial charge is 0.396 e. The van der Waals surface area contributed by atoms with E-state index >= 15 is 0 Å². The highest BCUT2D eigenvalue weighted by atomic mass is 16.3. The number of amides is 3. The van der Waals surface area contributed by atoms with Crippen molar-refractivity contribution in [2.45, 2.75) is 76.8 Å². The summed E-state index contributed by atoms with van der Waals surface area (Å²) in [7, 11) is 0.